The van der Waals surface area contributed by atoms with E-state index in [2.05, 4.69) is 98.9 Å². The molecule has 2 bridgehead atoms. The first-order valence-electron chi connectivity index (χ1n) is 14.5. The second-order valence-electron chi connectivity index (χ2n) is 11.7. The van der Waals surface area contributed by atoms with Crippen LogP contribution in [0.15, 0.2) is 78.9 Å². The second-order valence-corrected chi connectivity index (χ2v) is 12.2. The van der Waals surface area contributed by atoms with Crippen molar-refractivity contribution < 1.29 is 9.59 Å². The smallest absolute Gasteiger partial charge is 0.243 e. The summed E-state index contributed by atoms with van der Waals surface area (Å²) in [6, 6.07) is 29.4. The van der Waals surface area contributed by atoms with Crippen molar-refractivity contribution in [2.45, 2.75) is 68.3 Å². The van der Waals surface area contributed by atoms with E-state index in [1.807, 2.05) is 0 Å². The van der Waals surface area contributed by atoms with Crippen LogP contribution in [0.1, 0.15) is 64.9 Å². The number of nitrogens with zero attached hydrogens (tertiary/aromatic N) is 3. The number of hydrogen-bond donors (Lipinski definition) is 2. The number of imide groups is 1. The van der Waals surface area contributed by atoms with Gasteiger partial charge in [0.05, 0.1) is 17.5 Å². The molecule has 5 aliphatic rings. The van der Waals surface area contributed by atoms with Gasteiger partial charge in [-0.25, -0.2) is 0 Å². The van der Waals surface area contributed by atoms with E-state index in [-0.39, 0.29) is 29.3 Å². The normalized spacial score (nSPS) is 27.2. The Morgan fingerprint density at radius 3 is 2.17 bits per heavy atom. The number of carbonyl (C=O) groups is 2. The van der Waals surface area contributed by atoms with Crippen molar-refractivity contribution >= 4 is 24.4 Å². The monoisotopic (exact) mass is 552 g/mol. The van der Waals surface area contributed by atoms with Crippen molar-refractivity contribution in [2.24, 2.45) is 0 Å². The van der Waals surface area contributed by atoms with Gasteiger partial charge in [-0.3, -0.25) is 29.6 Å². The van der Waals surface area contributed by atoms with E-state index in [4.69, 9.17) is 12.6 Å². The zero-order valence-corrected chi connectivity index (χ0v) is 23.5. The van der Waals surface area contributed by atoms with Gasteiger partial charge in [0.2, 0.25) is 11.8 Å². The van der Waals surface area contributed by atoms with Crippen LogP contribution in [0.25, 0.3) is 0 Å². The van der Waals surface area contributed by atoms with E-state index in [0.717, 1.165) is 19.6 Å². The van der Waals surface area contributed by atoms with Gasteiger partial charge in [-0.2, -0.15) is 12.6 Å². The quantitative estimate of drug-likeness (QED) is 0.344. The van der Waals surface area contributed by atoms with Crippen molar-refractivity contribution in [1.82, 2.24) is 20.0 Å². The van der Waals surface area contributed by atoms with Gasteiger partial charge < -0.3 is 0 Å². The lowest BCUT2D eigenvalue weighted by molar-refractivity contribution is -0.137. The number of piperidine rings is 3. The van der Waals surface area contributed by atoms with Crippen LogP contribution in [0.2, 0.25) is 0 Å². The Bertz CT molecular complexity index is 1360. The SMILES string of the molecule is O=C1CCC(N2Cc3c(CN4CC5CCC4CN5C(c4ccccc4)c4ccccc4)cccc3C2S)C(=O)N1. The van der Waals surface area contributed by atoms with Crippen LogP contribution in [0.5, 0.6) is 0 Å². The lowest BCUT2D eigenvalue weighted by atomic mass is 9.85. The molecule has 4 saturated heterocycles. The molecule has 7 heteroatoms. The van der Waals surface area contributed by atoms with Crippen LogP contribution in [0.3, 0.4) is 0 Å². The van der Waals surface area contributed by atoms with Gasteiger partial charge in [-0.15, -0.1) is 0 Å². The largest absolute Gasteiger partial charge is 0.295 e. The fourth-order valence-corrected chi connectivity index (χ4v) is 7.97. The zero-order valence-electron chi connectivity index (χ0n) is 22.7. The van der Waals surface area contributed by atoms with E-state index < -0.39 is 0 Å². The minimum Gasteiger partial charge on any atom is -0.295 e. The molecule has 206 valence electrons. The van der Waals surface area contributed by atoms with E-state index >= 15 is 0 Å². The first kappa shape index (κ1) is 26.0. The minimum absolute atomic E-state index is 0.135. The molecular formula is C33H36N4O2S. The molecule has 8 rings (SSSR count). The summed E-state index contributed by atoms with van der Waals surface area (Å²) in [6.07, 6.45) is 3.40. The molecule has 5 heterocycles. The summed E-state index contributed by atoms with van der Waals surface area (Å²) in [5.41, 5.74) is 6.57. The summed E-state index contributed by atoms with van der Waals surface area (Å²) in [5, 5.41) is 2.39. The summed E-state index contributed by atoms with van der Waals surface area (Å²) in [7, 11) is 0. The molecule has 3 aromatic carbocycles. The number of piperazine rings is 1. The molecule has 2 amide bonds. The topological polar surface area (TPSA) is 55.9 Å². The summed E-state index contributed by atoms with van der Waals surface area (Å²) >= 11 is 4.94. The minimum atomic E-state index is -0.312. The molecule has 4 unspecified atom stereocenters. The number of hydrogen-bond acceptors (Lipinski definition) is 6. The summed E-state index contributed by atoms with van der Waals surface area (Å²) in [6.45, 7) is 3.74. The van der Waals surface area contributed by atoms with Gasteiger partial charge in [-0.05, 0) is 47.1 Å². The standard InChI is InChI=1S/C33H36N4O2S/c38-30-17-16-29(32(39)34-30)37-21-28-24(12-7-13-27(28)33(37)40)18-35-19-26-15-14-25(35)20-36(26)31(22-8-3-1-4-9-22)23-10-5-2-6-11-23/h1-13,25-26,29,31,33,40H,14-21H2,(H,34,38,39). The molecular weight excluding hydrogens is 516 g/mol. The highest BCUT2D eigenvalue weighted by Gasteiger charge is 2.44. The van der Waals surface area contributed by atoms with E-state index in [1.165, 1.54) is 40.7 Å². The molecule has 40 heavy (non-hydrogen) atoms. The lowest BCUT2D eigenvalue weighted by Crippen LogP contribution is -2.62. The maximum Gasteiger partial charge on any atom is 0.243 e. The van der Waals surface area contributed by atoms with Gasteiger partial charge >= 0.3 is 0 Å². The Labute approximate surface area is 241 Å². The molecule has 0 aromatic heterocycles. The Morgan fingerprint density at radius 2 is 1.52 bits per heavy atom. The number of amides is 2. The summed E-state index contributed by atoms with van der Waals surface area (Å²) in [5.74, 6) is -0.366. The Balaban J connectivity index is 1.10. The third-order valence-electron chi connectivity index (χ3n) is 9.47. The molecule has 4 fully saturated rings. The molecule has 0 aliphatic carbocycles. The van der Waals surface area contributed by atoms with Crippen LogP contribution in [0.4, 0.5) is 0 Å². The van der Waals surface area contributed by atoms with Gasteiger partial charge in [0, 0.05) is 44.7 Å². The highest BCUT2D eigenvalue weighted by molar-refractivity contribution is 7.80. The van der Waals surface area contributed by atoms with E-state index in [0.29, 0.717) is 31.5 Å². The predicted molar refractivity (Wildman–Crippen MR) is 159 cm³/mol. The maximum atomic E-state index is 12.6. The first-order chi connectivity index (χ1) is 19.6. The molecule has 0 radical (unpaired) electrons. The number of carbonyl (C=O) groups excluding carboxylic acids is 2. The highest BCUT2D eigenvalue weighted by atomic mass is 32.1. The highest BCUT2D eigenvalue weighted by Crippen LogP contribution is 2.43. The van der Waals surface area contributed by atoms with E-state index in [1.54, 1.807) is 0 Å². The van der Waals surface area contributed by atoms with Crippen LogP contribution in [-0.4, -0.2) is 57.7 Å². The number of rotatable bonds is 6. The predicted octanol–water partition coefficient (Wildman–Crippen LogP) is 4.67. The number of thiol groups is 1. The molecule has 5 aliphatic heterocycles. The van der Waals surface area contributed by atoms with Crippen molar-refractivity contribution in [3.63, 3.8) is 0 Å². The van der Waals surface area contributed by atoms with Crippen LogP contribution in [0, 0.1) is 0 Å². The second kappa shape index (κ2) is 10.8. The number of nitrogens with one attached hydrogen (secondary N) is 1. The van der Waals surface area contributed by atoms with Gasteiger partial charge in [0.25, 0.3) is 0 Å². The fourth-order valence-electron chi connectivity index (χ4n) is 7.49. The molecule has 1 N–H and O–H groups in total. The Kier molecular flexibility index (Phi) is 7.00. The average Bonchev–Trinajstić information content (AvgIpc) is 3.32. The summed E-state index contributed by atoms with van der Waals surface area (Å²) in [4.78, 5) is 32.0. The Morgan fingerprint density at radius 1 is 0.825 bits per heavy atom. The molecule has 3 aromatic rings. The number of fused-ring (bicyclic) bond motifs is 4. The van der Waals surface area contributed by atoms with Gasteiger partial charge in [0.1, 0.15) is 0 Å². The van der Waals surface area contributed by atoms with Crippen molar-refractivity contribution in [1.29, 1.82) is 0 Å². The average molecular weight is 553 g/mol. The Hall–Kier alpha value is -2.97. The van der Waals surface area contributed by atoms with E-state index in [9.17, 15) is 9.59 Å². The third-order valence-corrected chi connectivity index (χ3v) is 10.0. The molecule has 0 saturated carbocycles. The maximum absolute atomic E-state index is 12.6. The number of benzene rings is 3. The van der Waals surface area contributed by atoms with Crippen molar-refractivity contribution in [3.8, 4) is 0 Å². The molecule has 4 atom stereocenters. The molecule has 0 spiro atoms. The molecule has 6 nitrogen and oxygen atoms in total. The lowest BCUT2D eigenvalue weighted by Gasteiger charge is -2.54. The van der Waals surface area contributed by atoms with Gasteiger partial charge in [0.15, 0.2) is 0 Å². The fraction of sp³-hybridized carbons (Fsp3) is 0.394. The van der Waals surface area contributed by atoms with Crippen LogP contribution >= 0.6 is 12.6 Å². The third kappa shape index (κ3) is 4.69. The summed E-state index contributed by atoms with van der Waals surface area (Å²) < 4.78 is 0. The zero-order chi connectivity index (χ0) is 27.2. The van der Waals surface area contributed by atoms with Crippen LogP contribution in [-0.2, 0) is 22.7 Å². The van der Waals surface area contributed by atoms with Crippen molar-refractivity contribution in [2.75, 3.05) is 13.1 Å². The van der Waals surface area contributed by atoms with Crippen molar-refractivity contribution in [3.05, 3.63) is 107 Å². The van der Waals surface area contributed by atoms with Gasteiger partial charge in [-0.1, -0.05) is 78.9 Å². The van der Waals surface area contributed by atoms with Crippen LogP contribution < -0.4 is 5.32 Å². The first-order valence-corrected chi connectivity index (χ1v) is 15.1.